The third-order valence-corrected chi connectivity index (χ3v) is 5.53. The molecule has 138 valence electrons. The maximum Gasteiger partial charge on any atom is 0.104 e. The van der Waals surface area contributed by atoms with Gasteiger partial charge in [0.15, 0.2) is 0 Å². The summed E-state index contributed by atoms with van der Waals surface area (Å²) in [5.74, 6) is 0. The zero-order chi connectivity index (χ0) is 18.5. The Morgan fingerprint density at radius 3 is 2.44 bits per heavy atom. The van der Waals surface area contributed by atoms with Crippen LogP contribution in [0.1, 0.15) is 23.6 Å². The Bertz CT molecular complexity index is 901. The molecule has 0 radical (unpaired) electrons. The highest BCUT2D eigenvalue weighted by atomic mass is 15.5. The highest BCUT2D eigenvalue weighted by Crippen LogP contribution is 2.17. The molecule has 0 spiro atoms. The van der Waals surface area contributed by atoms with Gasteiger partial charge in [-0.05, 0) is 28.3 Å². The largest absolute Gasteiger partial charge is 0.328 e. The summed E-state index contributed by atoms with van der Waals surface area (Å²) in [5.41, 5.74) is 4.01. The Morgan fingerprint density at radius 2 is 1.67 bits per heavy atom. The van der Waals surface area contributed by atoms with E-state index in [4.69, 9.17) is 5.10 Å². The molecule has 3 heteroatoms. The van der Waals surface area contributed by atoms with Crippen LogP contribution in [0.25, 0.3) is 10.8 Å². The SMILES string of the molecule is CCc1ccc(C=NN2CC[NH+](Cc3cccc4ccccc34)CC2)cc1. The summed E-state index contributed by atoms with van der Waals surface area (Å²) in [6.45, 7) is 7.58. The lowest BCUT2D eigenvalue weighted by atomic mass is 10.0. The van der Waals surface area contributed by atoms with Crippen molar-refractivity contribution in [2.45, 2.75) is 19.9 Å². The van der Waals surface area contributed by atoms with Gasteiger partial charge >= 0.3 is 0 Å². The van der Waals surface area contributed by atoms with E-state index in [1.807, 2.05) is 6.21 Å². The molecule has 1 saturated heterocycles. The van der Waals surface area contributed by atoms with Crippen LogP contribution in [0.2, 0.25) is 0 Å². The van der Waals surface area contributed by atoms with Crippen molar-refractivity contribution in [3.8, 4) is 0 Å². The van der Waals surface area contributed by atoms with Crippen molar-refractivity contribution >= 4 is 17.0 Å². The van der Waals surface area contributed by atoms with Crippen LogP contribution in [0, 0.1) is 0 Å². The molecule has 0 unspecified atom stereocenters. The van der Waals surface area contributed by atoms with Crippen molar-refractivity contribution in [3.05, 3.63) is 83.4 Å². The zero-order valence-corrected chi connectivity index (χ0v) is 16.1. The number of aryl methyl sites for hydroxylation is 1. The lowest BCUT2D eigenvalue weighted by molar-refractivity contribution is -0.918. The Balaban J connectivity index is 1.34. The fraction of sp³-hybridized carbons (Fsp3) is 0.292. The zero-order valence-electron chi connectivity index (χ0n) is 16.1. The van der Waals surface area contributed by atoms with E-state index in [1.165, 1.54) is 27.5 Å². The van der Waals surface area contributed by atoms with Crippen LogP contribution < -0.4 is 4.90 Å². The Kier molecular flexibility index (Phi) is 5.50. The summed E-state index contributed by atoms with van der Waals surface area (Å²) in [6, 6.07) is 24.1. The third kappa shape index (κ3) is 4.37. The summed E-state index contributed by atoms with van der Waals surface area (Å²) >= 11 is 0. The average Bonchev–Trinajstić information content (AvgIpc) is 2.74. The van der Waals surface area contributed by atoms with Gasteiger partial charge in [-0.3, -0.25) is 5.01 Å². The van der Waals surface area contributed by atoms with E-state index in [-0.39, 0.29) is 0 Å². The first kappa shape index (κ1) is 17.7. The molecular formula is C24H28N3+. The molecule has 3 nitrogen and oxygen atoms in total. The van der Waals surface area contributed by atoms with Crippen LogP contribution in [0.15, 0.2) is 71.8 Å². The molecule has 0 amide bonds. The second-order valence-electron chi connectivity index (χ2n) is 7.36. The standard InChI is InChI=1S/C24H27N3/c1-2-20-10-12-21(13-11-20)18-25-27-16-14-26(15-17-27)19-23-8-5-7-22-6-3-4-9-24(22)23/h3-13,18H,2,14-17,19H2,1H3/p+1. The highest BCUT2D eigenvalue weighted by Gasteiger charge is 2.19. The normalized spacial score (nSPS) is 15.7. The molecule has 0 saturated carbocycles. The fourth-order valence-electron chi connectivity index (χ4n) is 3.81. The van der Waals surface area contributed by atoms with E-state index >= 15 is 0 Å². The van der Waals surface area contributed by atoms with E-state index in [1.54, 1.807) is 4.90 Å². The van der Waals surface area contributed by atoms with E-state index in [0.717, 1.165) is 39.1 Å². The first-order chi connectivity index (χ1) is 13.3. The molecule has 0 aliphatic carbocycles. The molecule has 1 fully saturated rings. The number of quaternary nitrogens is 1. The van der Waals surface area contributed by atoms with Gasteiger partial charge in [0.05, 0.1) is 32.4 Å². The third-order valence-electron chi connectivity index (χ3n) is 5.53. The van der Waals surface area contributed by atoms with Crippen molar-refractivity contribution in [2.24, 2.45) is 5.10 Å². The molecule has 27 heavy (non-hydrogen) atoms. The minimum absolute atomic E-state index is 1.02. The second kappa shape index (κ2) is 8.36. The number of hydrazone groups is 1. The topological polar surface area (TPSA) is 20.0 Å². The second-order valence-corrected chi connectivity index (χ2v) is 7.36. The minimum Gasteiger partial charge on any atom is -0.328 e. The number of fused-ring (bicyclic) bond motifs is 1. The molecular weight excluding hydrogens is 330 g/mol. The summed E-state index contributed by atoms with van der Waals surface area (Å²) in [6.07, 6.45) is 3.08. The van der Waals surface area contributed by atoms with Gasteiger partial charge in [-0.1, -0.05) is 73.7 Å². The monoisotopic (exact) mass is 358 g/mol. The molecule has 0 atom stereocenters. The van der Waals surface area contributed by atoms with Crippen LogP contribution in [0.5, 0.6) is 0 Å². The van der Waals surface area contributed by atoms with Crippen molar-refractivity contribution in [2.75, 3.05) is 26.2 Å². The van der Waals surface area contributed by atoms with Crippen molar-refractivity contribution in [1.82, 2.24) is 5.01 Å². The number of piperazine rings is 1. The Hall–Kier alpha value is -2.65. The predicted molar refractivity (Wildman–Crippen MR) is 113 cm³/mol. The maximum absolute atomic E-state index is 4.70. The van der Waals surface area contributed by atoms with Crippen molar-refractivity contribution in [3.63, 3.8) is 0 Å². The van der Waals surface area contributed by atoms with Gasteiger partial charge in [0.25, 0.3) is 0 Å². The van der Waals surface area contributed by atoms with Crippen molar-refractivity contribution in [1.29, 1.82) is 0 Å². The molecule has 0 bridgehead atoms. The highest BCUT2D eigenvalue weighted by molar-refractivity contribution is 5.85. The van der Waals surface area contributed by atoms with E-state index < -0.39 is 0 Å². The van der Waals surface area contributed by atoms with Gasteiger partial charge in [0.2, 0.25) is 0 Å². The predicted octanol–water partition coefficient (Wildman–Crippen LogP) is 3.14. The van der Waals surface area contributed by atoms with Crippen LogP contribution >= 0.6 is 0 Å². The number of benzene rings is 3. The van der Waals surface area contributed by atoms with E-state index in [2.05, 4.69) is 78.7 Å². The number of nitrogens with one attached hydrogen (secondary N) is 1. The summed E-state index contributed by atoms with van der Waals surface area (Å²) in [7, 11) is 0. The van der Waals surface area contributed by atoms with Gasteiger partial charge in [-0.15, -0.1) is 0 Å². The summed E-state index contributed by atoms with van der Waals surface area (Å²) in [4.78, 5) is 1.64. The quantitative estimate of drug-likeness (QED) is 0.695. The molecule has 1 aliphatic rings. The molecule has 1 aliphatic heterocycles. The molecule has 3 aromatic carbocycles. The van der Waals surface area contributed by atoms with Crippen LogP contribution in [-0.4, -0.2) is 37.4 Å². The molecule has 1 heterocycles. The van der Waals surface area contributed by atoms with Gasteiger partial charge in [0, 0.05) is 5.56 Å². The first-order valence-electron chi connectivity index (χ1n) is 10.00. The number of hydrogen-bond acceptors (Lipinski definition) is 2. The number of nitrogens with zero attached hydrogens (tertiary/aromatic N) is 2. The minimum atomic E-state index is 1.02. The molecule has 1 N–H and O–H groups in total. The van der Waals surface area contributed by atoms with Crippen LogP contribution in [-0.2, 0) is 13.0 Å². The smallest absolute Gasteiger partial charge is 0.104 e. The van der Waals surface area contributed by atoms with E-state index in [0.29, 0.717) is 0 Å². The fourth-order valence-corrected chi connectivity index (χ4v) is 3.81. The summed E-state index contributed by atoms with van der Waals surface area (Å²) < 4.78 is 0. The first-order valence-corrected chi connectivity index (χ1v) is 10.00. The van der Waals surface area contributed by atoms with Gasteiger partial charge < -0.3 is 4.90 Å². The molecule has 3 aromatic rings. The average molecular weight is 359 g/mol. The van der Waals surface area contributed by atoms with Crippen LogP contribution in [0.4, 0.5) is 0 Å². The molecule has 4 rings (SSSR count). The van der Waals surface area contributed by atoms with Crippen molar-refractivity contribution < 1.29 is 4.90 Å². The Labute approximate surface area is 161 Å². The molecule has 0 aromatic heterocycles. The lowest BCUT2D eigenvalue weighted by Gasteiger charge is -2.30. The van der Waals surface area contributed by atoms with Gasteiger partial charge in [-0.2, -0.15) is 5.10 Å². The Morgan fingerprint density at radius 1 is 0.926 bits per heavy atom. The van der Waals surface area contributed by atoms with Gasteiger partial charge in [0.1, 0.15) is 6.54 Å². The maximum atomic E-state index is 4.70. The number of hydrogen-bond donors (Lipinski definition) is 1. The summed E-state index contributed by atoms with van der Waals surface area (Å²) in [5, 5.41) is 9.64. The van der Waals surface area contributed by atoms with Gasteiger partial charge in [-0.25, -0.2) is 0 Å². The van der Waals surface area contributed by atoms with E-state index in [9.17, 15) is 0 Å². The number of rotatable bonds is 5. The van der Waals surface area contributed by atoms with Crippen LogP contribution in [0.3, 0.4) is 0 Å². The lowest BCUT2D eigenvalue weighted by Crippen LogP contribution is -3.13.